The number of benzene rings is 1. The summed E-state index contributed by atoms with van der Waals surface area (Å²) in [6.45, 7) is 2.88. The van der Waals surface area contributed by atoms with E-state index in [4.69, 9.17) is 4.74 Å². The van der Waals surface area contributed by atoms with Crippen LogP contribution in [0.1, 0.15) is 18.7 Å². The van der Waals surface area contributed by atoms with Gasteiger partial charge in [-0.15, -0.1) is 24.0 Å². The number of ether oxygens (including phenoxy) is 1. The molecule has 148 valence electrons. The Morgan fingerprint density at radius 2 is 2.15 bits per heavy atom. The lowest BCUT2D eigenvalue weighted by molar-refractivity contribution is 0.127. The second-order valence-electron chi connectivity index (χ2n) is 6.67. The number of aliphatic hydroxyl groups is 1. The van der Waals surface area contributed by atoms with Crippen LogP contribution < -0.4 is 10.6 Å². The number of imidazole rings is 1. The summed E-state index contributed by atoms with van der Waals surface area (Å²) in [4.78, 5) is 12.0. The maximum absolute atomic E-state index is 9.32. The molecule has 1 saturated heterocycles. The number of hydrogen-bond donors (Lipinski definition) is 4. The van der Waals surface area contributed by atoms with Crippen LogP contribution in [0, 0.1) is 5.41 Å². The molecule has 0 amide bonds. The van der Waals surface area contributed by atoms with Crippen molar-refractivity contribution in [2.45, 2.75) is 19.4 Å². The summed E-state index contributed by atoms with van der Waals surface area (Å²) in [5.74, 6) is 1.56. The monoisotopic (exact) mass is 485 g/mol. The lowest BCUT2D eigenvalue weighted by Crippen LogP contribution is -2.44. The van der Waals surface area contributed by atoms with Crippen molar-refractivity contribution in [1.29, 1.82) is 0 Å². The van der Waals surface area contributed by atoms with E-state index in [0.29, 0.717) is 19.1 Å². The number of nitrogens with one attached hydrogen (secondary N) is 3. The highest BCUT2D eigenvalue weighted by Crippen LogP contribution is 2.31. The molecule has 0 spiro atoms. The molecule has 1 aromatic carbocycles. The summed E-state index contributed by atoms with van der Waals surface area (Å²) in [5.41, 5.74) is 2.09. The summed E-state index contributed by atoms with van der Waals surface area (Å²) in [5, 5.41) is 15.9. The highest BCUT2D eigenvalue weighted by Gasteiger charge is 2.34. The van der Waals surface area contributed by atoms with Gasteiger partial charge in [0.2, 0.25) is 0 Å². The molecule has 2 heterocycles. The Morgan fingerprint density at radius 3 is 2.81 bits per heavy atom. The second kappa shape index (κ2) is 10.6. The fraction of sp³-hybridized carbons (Fsp3) is 0.474. The van der Waals surface area contributed by atoms with Crippen molar-refractivity contribution < 1.29 is 9.84 Å². The van der Waals surface area contributed by atoms with Gasteiger partial charge in [0, 0.05) is 32.2 Å². The number of hydrogen-bond acceptors (Lipinski definition) is 4. The number of H-pyrrole nitrogens is 1. The zero-order valence-corrected chi connectivity index (χ0v) is 17.9. The van der Waals surface area contributed by atoms with Gasteiger partial charge >= 0.3 is 0 Å². The predicted octanol–water partition coefficient (Wildman–Crippen LogP) is 2.15. The van der Waals surface area contributed by atoms with Gasteiger partial charge in [0.05, 0.1) is 25.0 Å². The topological polar surface area (TPSA) is 94.6 Å². The van der Waals surface area contributed by atoms with Crippen LogP contribution in [0.4, 0.5) is 0 Å². The summed E-state index contributed by atoms with van der Waals surface area (Å²) < 4.78 is 5.53. The molecule has 7 nitrogen and oxygen atoms in total. The number of aromatic amines is 1. The van der Waals surface area contributed by atoms with Crippen molar-refractivity contribution in [2.24, 2.45) is 10.4 Å². The molecule has 0 radical (unpaired) electrons. The number of aromatic nitrogens is 2. The van der Waals surface area contributed by atoms with Crippen LogP contribution in [-0.4, -0.2) is 54.4 Å². The van der Waals surface area contributed by atoms with Crippen LogP contribution in [0.3, 0.4) is 0 Å². The first kappa shape index (κ1) is 21.6. The zero-order valence-electron chi connectivity index (χ0n) is 15.6. The molecule has 0 saturated carbocycles. The van der Waals surface area contributed by atoms with E-state index in [0.717, 1.165) is 43.1 Å². The molecule has 0 bridgehead atoms. The summed E-state index contributed by atoms with van der Waals surface area (Å²) in [6.07, 6.45) is 3.53. The molecule has 1 aliphatic heterocycles. The summed E-state index contributed by atoms with van der Waals surface area (Å²) in [6, 6.07) is 10.1. The fourth-order valence-corrected chi connectivity index (χ4v) is 3.19. The van der Waals surface area contributed by atoms with Crippen LogP contribution in [0.2, 0.25) is 0 Å². The van der Waals surface area contributed by atoms with Gasteiger partial charge in [-0.25, -0.2) is 4.98 Å². The normalized spacial score (nSPS) is 19.6. The first-order valence-electron chi connectivity index (χ1n) is 8.97. The molecule has 1 aromatic heterocycles. The minimum absolute atomic E-state index is 0. The Labute approximate surface area is 177 Å². The Hall–Kier alpha value is -1.65. The maximum Gasteiger partial charge on any atom is 0.191 e. The smallest absolute Gasteiger partial charge is 0.191 e. The van der Waals surface area contributed by atoms with Crippen molar-refractivity contribution in [2.75, 3.05) is 33.4 Å². The van der Waals surface area contributed by atoms with Gasteiger partial charge in [-0.3, -0.25) is 4.99 Å². The first-order chi connectivity index (χ1) is 12.7. The molecule has 1 unspecified atom stereocenters. The second-order valence-corrected chi connectivity index (χ2v) is 6.67. The van der Waals surface area contributed by atoms with Gasteiger partial charge in [0.15, 0.2) is 5.96 Å². The van der Waals surface area contributed by atoms with E-state index in [9.17, 15) is 5.11 Å². The zero-order chi connectivity index (χ0) is 18.2. The lowest BCUT2D eigenvalue weighted by Gasteiger charge is -2.27. The number of guanidine groups is 1. The Bertz CT molecular complexity index is 714. The van der Waals surface area contributed by atoms with Crippen LogP contribution >= 0.6 is 24.0 Å². The molecule has 1 aliphatic rings. The standard InChI is InChI=1S/C19H27N5O2.HI/c1-20-18(23-13-19(7-9-25)8-10-26-14-19)22-12-17-21-11-16(24-17)15-5-3-2-4-6-15;/h2-6,11,25H,7-10,12-14H2,1H3,(H,21,24)(H2,20,22,23);1H. The molecule has 0 aliphatic carbocycles. The van der Waals surface area contributed by atoms with E-state index in [2.05, 4.69) is 37.7 Å². The molecular weight excluding hydrogens is 457 g/mol. The van der Waals surface area contributed by atoms with E-state index < -0.39 is 0 Å². The first-order valence-corrected chi connectivity index (χ1v) is 8.97. The largest absolute Gasteiger partial charge is 0.396 e. The number of rotatable bonds is 7. The van der Waals surface area contributed by atoms with Crippen LogP contribution in [0.25, 0.3) is 11.3 Å². The SMILES string of the molecule is CN=C(NCc1ncc(-c2ccccc2)[nH]1)NCC1(CCO)CCOC1.I. The molecule has 27 heavy (non-hydrogen) atoms. The van der Waals surface area contributed by atoms with E-state index in [-0.39, 0.29) is 36.0 Å². The van der Waals surface area contributed by atoms with Crippen molar-refractivity contribution in [3.05, 3.63) is 42.4 Å². The van der Waals surface area contributed by atoms with Crippen molar-refractivity contribution in [1.82, 2.24) is 20.6 Å². The average Bonchev–Trinajstić information content (AvgIpc) is 3.33. The summed E-state index contributed by atoms with van der Waals surface area (Å²) in [7, 11) is 1.75. The third kappa shape index (κ3) is 5.91. The van der Waals surface area contributed by atoms with Gasteiger partial charge in [-0.1, -0.05) is 30.3 Å². The van der Waals surface area contributed by atoms with Gasteiger partial charge < -0.3 is 25.5 Å². The van der Waals surface area contributed by atoms with Crippen LogP contribution in [0.5, 0.6) is 0 Å². The molecule has 2 aromatic rings. The minimum Gasteiger partial charge on any atom is -0.396 e. The van der Waals surface area contributed by atoms with Gasteiger partial charge in [-0.2, -0.15) is 0 Å². The van der Waals surface area contributed by atoms with E-state index in [1.54, 1.807) is 7.05 Å². The third-order valence-electron chi connectivity index (χ3n) is 4.82. The Kier molecular flexibility index (Phi) is 8.52. The predicted molar refractivity (Wildman–Crippen MR) is 117 cm³/mol. The maximum atomic E-state index is 9.32. The number of aliphatic hydroxyl groups excluding tert-OH is 1. The quantitative estimate of drug-likeness (QED) is 0.274. The van der Waals surface area contributed by atoms with Crippen LogP contribution in [-0.2, 0) is 11.3 Å². The fourth-order valence-electron chi connectivity index (χ4n) is 3.19. The van der Waals surface area contributed by atoms with Gasteiger partial charge in [0.25, 0.3) is 0 Å². The molecule has 8 heteroatoms. The molecule has 4 N–H and O–H groups in total. The number of halogens is 1. The molecule has 1 fully saturated rings. The lowest BCUT2D eigenvalue weighted by atomic mass is 9.84. The van der Waals surface area contributed by atoms with Crippen LogP contribution in [0.15, 0.2) is 41.5 Å². The van der Waals surface area contributed by atoms with Crippen molar-refractivity contribution in [3.8, 4) is 11.3 Å². The van der Waals surface area contributed by atoms with Crippen molar-refractivity contribution in [3.63, 3.8) is 0 Å². The number of nitrogens with zero attached hydrogens (tertiary/aromatic N) is 2. The molecular formula is C19H28IN5O2. The van der Waals surface area contributed by atoms with Gasteiger partial charge in [-0.05, 0) is 18.4 Å². The highest BCUT2D eigenvalue weighted by molar-refractivity contribution is 14.0. The molecule has 1 atom stereocenters. The Morgan fingerprint density at radius 1 is 1.33 bits per heavy atom. The van der Waals surface area contributed by atoms with E-state index in [1.807, 2.05) is 24.4 Å². The van der Waals surface area contributed by atoms with E-state index in [1.165, 1.54) is 0 Å². The molecule has 3 rings (SSSR count). The average molecular weight is 485 g/mol. The summed E-state index contributed by atoms with van der Waals surface area (Å²) >= 11 is 0. The Balaban J connectivity index is 0.00000261. The van der Waals surface area contributed by atoms with Crippen molar-refractivity contribution >= 4 is 29.9 Å². The highest BCUT2D eigenvalue weighted by atomic mass is 127. The number of aliphatic imine (C=N–C) groups is 1. The van der Waals surface area contributed by atoms with Gasteiger partial charge in [0.1, 0.15) is 5.82 Å². The minimum atomic E-state index is -0.0163. The third-order valence-corrected chi connectivity index (χ3v) is 4.82. The van der Waals surface area contributed by atoms with E-state index >= 15 is 0 Å².